The number of aryl methyl sites for hydroxylation is 1. The van der Waals surface area contributed by atoms with Crippen LogP contribution in [0.1, 0.15) is 12.7 Å². The summed E-state index contributed by atoms with van der Waals surface area (Å²) in [4.78, 5) is 8.25. The maximum absolute atomic E-state index is 5.22. The molecule has 3 heteroatoms. The molecule has 2 aromatic heterocycles. The summed E-state index contributed by atoms with van der Waals surface area (Å²) in [7, 11) is 0. The van der Waals surface area contributed by atoms with E-state index in [0.717, 1.165) is 11.3 Å². The minimum absolute atomic E-state index is 0. The molecule has 0 bridgehead atoms. The molecular formula is C9H9N3. The quantitative estimate of drug-likeness (QED) is 0.542. The highest BCUT2D eigenvalue weighted by Crippen LogP contribution is 2.02. The van der Waals surface area contributed by atoms with Crippen molar-refractivity contribution in [2.24, 2.45) is 0 Å². The summed E-state index contributed by atoms with van der Waals surface area (Å²) in [6.45, 7) is 1.92. The molecule has 0 radical (unpaired) electrons. The molecule has 0 spiro atoms. The van der Waals surface area contributed by atoms with Crippen LogP contribution < -0.4 is 0 Å². The molecule has 0 atom stereocenters. The van der Waals surface area contributed by atoms with E-state index < -0.39 is 0 Å². The van der Waals surface area contributed by atoms with E-state index in [-0.39, 0.29) is 1.43 Å². The smallest absolute Gasteiger partial charge is 0.233 e. The zero-order valence-corrected chi connectivity index (χ0v) is 6.65. The highest BCUT2D eigenvalue weighted by Gasteiger charge is 1.97. The van der Waals surface area contributed by atoms with E-state index in [9.17, 15) is 0 Å². The molecule has 0 fully saturated rings. The standard InChI is InChI=1S/C9H7N3.H2/c1-3-8-4-10-9-11-7(2)5-12(9)6-8;/h1,4-6H,2H3;1H. The van der Waals surface area contributed by atoms with Gasteiger partial charge >= 0.3 is 0 Å². The van der Waals surface area contributed by atoms with Crippen molar-refractivity contribution in [1.29, 1.82) is 0 Å². The second-order valence-electron chi connectivity index (χ2n) is 2.58. The highest BCUT2D eigenvalue weighted by molar-refractivity contribution is 5.36. The zero-order chi connectivity index (χ0) is 8.55. The van der Waals surface area contributed by atoms with Gasteiger partial charge < -0.3 is 0 Å². The summed E-state index contributed by atoms with van der Waals surface area (Å²) in [6.07, 6.45) is 10.6. The van der Waals surface area contributed by atoms with Crippen LogP contribution in [0.3, 0.4) is 0 Å². The third kappa shape index (κ3) is 0.940. The zero-order valence-electron chi connectivity index (χ0n) is 6.65. The van der Waals surface area contributed by atoms with E-state index in [2.05, 4.69) is 15.9 Å². The van der Waals surface area contributed by atoms with Crippen LogP contribution in [0.15, 0.2) is 18.6 Å². The van der Waals surface area contributed by atoms with Gasteiger partial charge in [0, 0.05) is 20.0 Å². The second-order valence-corrected chi connectivity index (χ2v) is 2.58. The summed E-state index contributed by atoms with van der Waals surface area (Å²) in [5, 5.41) is 0. The maximum Gasteiger partial charge on any atom is 0.233 e. The first-order valence-electron chi connectivity index (χ1n) is 3.57. The molecule has 60 valence electrons. The average Bonchev–Trinajstić information content (AvgIpc) is 2.43. The maximum atomic E-state index is 5.22. The number of imidazole rings is 1. The molecule has 0 N–H and O–H groups in total. The fourth-order valence-electron chi connectivity index (χ4n) is 1.08. The second kappa shape index (κ2) is 2.35. The molecule has 0 saturated carbocycles. The minimum Gasteiger partial charge on any atom is -0.290 e. The van der Waals surface area contributed by atoms with Gasteiger partial charge in [-0.1, -0.05) is 5.92 Å². The molecule has 0 unspecified atom stereocenters. The molecule has 0 aromatic carbocycles. The van der Waals surface area contributed by atoms with Gasteiger partial charge in [0.25, 0.3) is 0 Å². The number of nitrogens with zero attached hydrogens (tertiary/aromatic N) is 3. The Morgan fingerprint density at radius 1 is 1.58 bits per heavy atom. The van der Waals surface area contributed by atoms with Crippen molar-refractivity contribution in [2.45, 2.75) is 6.92 Å². The Bertz CT molecular complexity index is 467. The van der Waals surface area contributed by atoms with Gasteiger partial charge in [-0.2, -0.15) is 0 Å². The number of hydrogen-bond acceptors (Lipinski definition) is 2. The van der Waals surface area contributed by atoms with Crippen molar-refractivity contribution >= 4 is 5.78 Å². The number of fused-ring (bicyclic) bond motifs is 1. The van der Waals surface area contributed by atoms with Crippen LogP contribution >= 0.6 is 0 Å². The third-order valence-corrected chi connectivity index (χ3v) is 1.60. The minimum atomic E-state index is 0. The van der Waals surface area contributed by atoms with Crippen LogP contribution in [-0.4, -0.2) is 14.4 Å². The fourth-order valence-corrected chi connectivity index (χ4v) is 1.08. The fraction of sp³-hybridized carbons (Fsp3) is 0.111. The molecule has 0 aliphatic rings. The molecule has 2 rings (SSSR count). The summed E-state index contributed by atoms with van der Waals surface area (Å²) < 4.78 is 1.82. The van der Waals surface area contributed by atoms with Crippen LogP contribution in [-0.2, 0) is 0 Å². The number of terminal acetylenes is 1. The van der Waals surface area contributed by atoms with Gasteiger partial charge in [-0.3, -0.25) is 4.40 Å². The van der Waals surface area contributed by atoms with Crippen LogP contribution in [0.2, 0.25) is 0 Å². The Balaban J connectivity index is 0.000000845. The summed E-state index contributed by atoms with van der Waals surface area (Å²) >= 11 is 0. The lowest BCUT2D eigenvalue weighted by molar-refractivity contribution is 1.10. The highest BCUT2D eigenvalue weighted by atomic mass is 15.1. The molecule has 2 aromatic rings. The van der Waals surface area contributed by atoms with Crippen molar-refractivity contribution < 1.29 is 1.43 Å². The van der Waals surface area contributed by atoms with Gasteiger partial charge in [-0.25, -0.2) is 9.97 Å². The van der Waals surface area contributed by atoms with E-state index in [1.807, 2.05) is 23.7 Å². The van der Waals surface area contributed by atoms with E-state index in [1.165, 1.54) is 0 Å². The van der Waals surface area contributed by atoms with Gasteiger partial charge in [0.1, 0.15) is 0 Å². The molecule has 0 aliphatic carbocycles. The molecule has 0 amide bonds. The van der Waals surface area contributed by atoms with Crippen molar-refractivity contribution in [3.8, 4) is 12.3 Å². The Hall–Kier alpha value is -1.82. The van der Waals surface area contributed by atoms with Gasteiger partial charge in [-0.15, -0.1) is 6.42 Å². The van der Waals surface area contributed by atoms with Crippen LogP contribution in [0.25, 0.3) is 5.78 Å². The average molecular weight is 159 g/mol. The van der Waals surface area contributed by atoms with Crippen molar-refractivity contribution in [2.75, 3.05) is 0 Å². The van der Waals surface area contributed by atoms with Crippen LogP contribution in [0.4, 0.5) is 0 Å². The van der Waals surface area contributed by atoms with Gasteiger partial charge in [0.15, 0.2) is 0 Å². The van der Waals surface area contributed by atoms with Crippen molar-refractivity contribution in [3.05, 3.63) is 29.8 Å². The number of hydrogen-bond donors (Lipinski definition) is 0. The summed E-state index contributed by atoms with van der Waals surface area (Å²) in [5.74, 6) is 3.20. The van der Waals surface area contributed by atoms with Gasteiger partial charge in [0.2, 0.25) is 5.78 Å². The first-order valence-corrected chi connectivity index (χ1v) is 3.57. The van der Waals surface area contributed by atoms with Gasteiger partial charge in [-0.05, 0) is 6.92 Å². The van der Waals surface area contributed by atoms with Gasteiger partial charge in [0.05, 0.1) is 11.3 Å². The Morgan fingerprint density at radius 3 is 3.17 bits per heavy atom. The lowest BCUT2D eigenvalue weighted by Crippen LogP contribution is -1.88. The lowest BCUT2D eigenvalue weighted by atomic mass is 10.4. The molecule has 2 heterocycles. The third-order valence-electron chi connectivity index (χ3n) is 1.60. The van der Waals surface area contributed by atoms with E-state index >= 15 is 0 Å². The van der Waals surface area contributed by atoms with E-state index in [0.29, 0.717) is 5.78 Å². The predicted molar refractivity (Wildman–Crippen MR) is 47.8 cm³/mol. The normalized spacial score (nSPS) is 10.0. The summed E-state index contributed by atoms with van der Waals surface area (Å²) in [5.41, 5.74) is 1.71. The Morgan fingerprint density at radius 2 is 2.42 bits per heavy atom. The Labute approximate surface area is 71.6 Å². The Kier molecular flexibility index (Phi) is 1.34. The number of aromatic nitrogens is 3. The van der Waals surface area contributed by atoms with Crippen molar-refractivity contribution in [3.63, 3.8) is 0 Å². The molecular weight excluding hydrogens is 150 g/mol. The van der Waals surface area contributed by atoms with Crippen LogP contribution in [0, 0.1) is 19.3 Å². The predicted octanol–water partition coefficient (Wildman–Crippen LogP) is 1.27. The van der Waals surface area contributed by atoms with E-state index in [1.54, 1.807) is 6.20 Å². The monoisotopic (exact) mass is 159 g/mol. The molecule has 3 nitrogen and oxygen atoms in total. The largest absolute Gasteiger partial charge is 0.290 e. The van der Waals surface area contributed by atoms with Crippen LogP contribution in [0.5, 0.6) is 0 Å². The van der Waals surface area contributed by atoms with Crippen molar-refractivity contribution in [1.82, 2.24) is 14.4 Å². The SMILES string of the molecule is C#Cc1cnc2nc(C)cn2c1.[HH]. The first kappa shape index (κ1) is 6.86. The molecule has 12 heavy (non-hydrogen) atoms. The number of rotatable bonds is 0. The molecule has 0 aliphatic heterocycles. The molecule has 0 saturated heterocycles. The van der Waals surface area contributed by atoms with E-state index in [4.69, 9.17) is 6.42 Å². The first-order chi connectivity index (χ1) is 5.79. The topological polar surface area (TPSA) is 30.2 Å². The lowest BCUT2D eigenvalue weighted by Gasteiger charge is -1.91. The summed E-state index contributed by atoms with van der Waals surface area (Å²) in [6, 6.07) is 0.